The first-order chi connectivity index (χ1) is 9.08. The Morgan fingerprint density at radius 1 is 1.32 bits per heavy atom. The first-order valence-electron chi connectivity index (χ1n) is 5.51. The molecular weight excluding hydrogens is 377 g/mol. The first kappa shape index (κ1) is 14.1. The molecule has 0 radical (unpaired) electrons. The molecule has 0 bridgehead atoms. The van der Waals surface area contributed by atoms with Gasteiger partial charge >= 0.3 is 0 Å². The highest BCUT2D eigenvalue weighted by Crippen LogP contribution is 2.17. The fourth-order valence-electron chi connectivity index (χ4n) is 1.53. The van der Waals surface area contributed by atoms with Crippen LogP contribution in [0.3, 0.4) is 0 Å². The van der Waals surface area contributed by atoms with Crippen LogP contribution in [0.4, 0.5) is 11.5 Å². The van der Waals surface area contributed by atoms with E-state index >= 15 is 0 Å². The molecule has 0 spiro atoms. The Hall–Kier alpha value is -1.34. The number of hydrogen-bond donors (Lipinski definition) is 2. The van der Waals surface area contributed by atoms with Gasteiger partial charge in [0.2, 0.25) is 0 Å². The molecule has 0 unspecified atom stereocenters. The largest absolute Gasteiger partial charge is 0.373 e. The minimum atomic E-state index is -0.220. The first-order valence-corrected chi connectivity index (χ1v) is 6.96. The fraction of sp³-hybridized carbons (Fsp3) is 0.0769. The number of amides is 1. The molecule has 0 fully saturated rings. The van der Waals surface area contributed by atoms with Crippen molar-refractivity contribution in [3.63, 3.8) is 0 Å². The third kappa shape index (κ3) is 3.81. The SMILES string of the molecule is CNc1cc(C(=O)Nc2cccc(I)c2)cc(Cl)n1. The highest BCUT2D eigenvalue weighted by molar-refractivity contribution is 14.1. The molecule has 1 heterocycles. The van der Waals surface area contributed by atoms with E-state index in [1.54, 1.807) is 13.1 Å². The van der Waals surface area contributed by atoms with Gasteiger partial charge in [0.1, 0.15) is 11.0 Å². The van der Waals surface area contributed by atoms with Crippen molar-refractivity contribution < 1.29 is 4.79 Å². The third-order valence-electron chi connectivity index (χ3n) is 2.39. The summed E-state index contributed by atoms with van der Waals surface area (Å²) in [6.45, 7) is 0. The lowest BCUT2D eigenvalue weighted by Gasteiger charge is -2.07. The Kier molecular flexibility index (Phi) is 4.60. The number of nitrogens with one attached hydrogen (secondary N) is 2. The fourth-order valence-corrected chi connectivity index (χ4v) is 2.28. The standard InChI is InChI=1S/C13H11ClIN3O/c1-16-12-6-8(5-11(14)18-12)13(19)17-10-4-2-3-9(15)7-10/h2-7H,1H3,(H,16,18)(H,17,19). The van der Waals surface area contributed by atoms with Crippen LogP contribution in [0.5, 0.6) is 0 Å². The van der Waals surface area contributed by atoms with Gasteiger partial charge in [-0.1, -0.05) is 17.7 Å². The quantitative estimate of drug-likeness (QED) is 0.625. The molecule has 98 valence electrons. The van der Waals surface area contributed by atoms with E-state index in [0.717, 1.165) is 9.26 Å². The van der Waals surface area contributed by atoms with Crippen molar-refractivity contribution in [3.8, 4) is 0 Å². The third-order valence-corrected chi connectivity index (χ3v) is 3.26. The summed E-state index contributed by atoms with van der Waals surface area (Å²) in [5.74, 6) is 0.336. The van der Waals surface area contributed by atoms with Crippen molar-refractivity contribution >= 4 is 51.6 Å². The highest BCUT2D eigenvalue weighted by atomic mass is 127. The number of nitrogens with zero attached hydrogens (tertiary/aromatic N) is 1. The molecule has 0 saturated heterocycles. The number of anilines is 2. The molecule has 0 aliphatic heterocycles. The average molecular weight is 388 g/mol. The lowest BCUT2D eigenvalue weighted by Crippen LogP contribution is -2.12. The number of benzene rings is 1. The minimum Gasteiger partial charge on any atom is -0.373 e. The summed E-state index contributed by atoms with van der Waals surface area (Å²) in [7, 11) is 1.72. The van der Waals surface area contributed by atoms with Crippen LogP contribution in [0.1, 0.15) is 10.4 Å². The van der Waals surface area contributed by atoms with Crippen molar-refractivity contribution in [2.75, 3.05) is 17.7 Å². The zero-order valence-corrected chi connectivity index (χ0v) is 13.0. The van der Waals surface area contributed by atoms with E-state index in [-0.39, 0.29) is 11.1 Å². The van der Waals surface area contributed by atoms with E-state index in [0.29, 0.717) is 11.4 Å². The number of rotatable bonds is 3. The molecule has 1 aromatic heterocycles. The Balaban J connectivity index is 2.22. The summed E-state index contributed by atoms with van der Waals surface area (Å²) >= 11 is 8.06. The van der Waals surface area contributed by atoms with Gasteiger partial charge < -0.3 is 10.6 Å². The zero-order chi connectivity index (χ0) is 13.8. The molecule has 1 aromatic carbocycles. The number of halogens is 2. The monoisotopic (exact) mass is 387 g/mol. The van der Waals surface area contributed by atoms with Crippen molar-refractivity contribution in [1.29, 1.82) is 0 Å². The molecule has 0 aliphatic carbocycles. The number of aromatic nitrogens is 1. The van der Waals surface area contributed by atoms with Gasteiger partial charge in [-0.2, -0.15) is 0 Å². The van der Waals surface area contributed by atoms with Crippen LogP contribution in [0, 0.1) is 3.57 Å². The molecule has 0 saturated carbocycles. The summed E-state index contributed by atoms with van der Waals surface area (Å²) in [6, 6.07) is 10.7. The number of carbonyl (C=O) groups is 1. The maximum absolute atomic E-state index is 12.1. The highest BCUT2D eigenvalue weighted by Gasteiger charge is 2.09. The van der Waals surface area contributed by atoms with Gasteiger partial charge in [0.25, 0.3) is 5.91 Å². The van der Waals surface area contributed by atoms with Crippen LogP contribution >= 0.6 is 34.2 Å². The molecule has 0 atom stereocenters. The van der Waals surface area contributed by atoms with Crippen LogP contribution in [0.15, 0.2) is 36.4 Å². The number of carbonyl (C=O) groups excluding carboxylic acids is 1. The second kappa shape index (κ2) is 6.21. The lowest BCUT2D eigenvalue weighted by atomic mass is 10.2. The predicted molar refractivity (Wildman–Crippen MR) is 85.9 cm³/mol. The van der Waals surface area contributed by atoms with Crippen LogP contribution < -0.4 is 10.6 Å². The Morgan fingerprint density at radius 3 is 2.79 bits per heavy atom. The van der Waals surface area contributed by atoms with E-state index in [9.17, 15) is 4.79 Å². The van der Waals surface area contributed by atoms with E-state index in [1.165, 1.54) is 6.07 Å². The summed E-state index contributed by atoms with van der Waals surface area (Å²) in [5, 5.41) is 5.96. The minimum absolute atomic E-state index is 0.220. The van der Waals surface area contributed by atoms with E-state index in [4.69, 9.17) is 11.6 Å². The maximum Gasteiger partial charge on any atom is 0.255 e. The van der Waals surface area contributed by atoms with E-state index in [1.807, 2.05) is 24.3 Å². The Labute approximate surface area is 129 Å². The topological polar surface area (TPSA) is 54.0 Å². The average Bonchev–Trinajstić information content (AvgIpc) is 2.38. The van der Waals surface area contributed by atoms with Gasteiger partial charge in [-0.25, -0.2) is 4.98 Å². The van der Waals surface area contributed by atoms with Crippen molar-refractivity contribution in [2.45, 2.75) is 0 Å². The van der Waals surface area contributed by atoms with Gasteiger partial charge in [-0.05, 0) is 52.9 Å². The van der Waals surface area contributed by atoms with Gasteiger partial charge in [0.05, 0.1) is 0 Å². The van der Waals surface area contributed by atoms with Gasteiger partial charge in [0, 0.05) is 21.9 Å². The van der Waals surface area contributed by atoms with Gasteiger partial charge in [-0.3, -0.25) is 4.79 Å². The van der Waals surface area contributed by atoms with Gasteiger partial charge in [-0.15, -0.1) is 0 Å². The van der Waals surface area contributed by atoms with Crippen LogP contribution in [0.25, 0.3) is 0 Å². The number of pyridine rings is 1. The Bertz CT molecular complexity index is 619. The summed E-state index contributed by atoms with van der Waals surface area (Å²) in [6.07, 6.45) is 0. The molecule has 1 amide bonds. The van der Waals surface area contributed by atoms with Crippen LogP contribution in [-0.2, 0) is 0 Å². The molecule has 4 nitrogen and oxygen atoms in total. The molecule has 2 N–H and O–H groups in total. The summed E-state index contributed by atoms with van der Waals surface area (Å²) in [5.41, 5.74) is 1.21. The molecule has 19 heavy (non-hydrogen) atoms. The normalized spacial score (nSPS) is 10.1. The predicted octanol–water partition coefficient (Wildman–Crippen LogP) is 3.63. The summed E-state index contributed by atoms with van der Waals surface area (Å²) in [4.78, 5) is 16.1. The molecule has 6 heteroatoms. The van der Waals surface area contributed by atoms with Crippen LogP contribution in [-0.4, -0.2) is 17.9 Å². The second-order valence-electron chi connectivity index (χ2n) is 3.78. The van der Waals surface area contributed by atoms with Crippen molar-refractivity contribution in [1.82, 2.24) is 4.98 Å². The number of hydrogen-bond acceptors (Lipinski definition) is 3. The smallest absolute Gasteiger partial charge is 0.255 e. The van der Waals surface area contributed by atoms with Crippen molar-refractivity contribution in [2.24, 2.45) is 0 Å². The van der Waals surface area contributed by atoms with Crippen molar-refractivity contribution in [3.05, 3.63) is 50.7 Å². The summed E-state index contributed by atoms with van der Waals surface area (Å²) < 4.78 is 1.05. The molecule has 2 aromatic rings. The lowest BCUT2D eigenvalue weighted by molar-refractivity contribution is 0.102. The van der Waals surface area contributed by atoms with E-state index < -0.39 is 0 Å². The zero-order valence-electron chi connectivity index (χ0n) is 10.1. The maximum atomic E-state index is 12.1. The Morgan fingerprint density at radius 2 is 2.11 bits per heavy atom. The van der Waals surface area contributed by atoms with E-state index in [2.05, 4.69) is 38.2 Å². The second-order valence-corrected chi connectivity index (χ2v) is 5.41. The molecule has 2 rings (SSSR count). The van der Waals surface area contributed by atoms with Gasteiger partial charge in [0.15, 0.2) is 0 Å². The molecule has 0 aliphatic rings. The molecular formula is C13H11ClIN3O. The van der Waals surface area contributed by atoms with Crippen LogP contribution in [0.2, 0.25) is 5.15 Å².